The second-order valence-electron chi connectivity index (χ2n) is 4.98. The normalized spacial score (nSPS) is 23.9. The minimum atomic E-state index is 0.317. The molecule has 2 heteroatoms. The van der Waals surface area contributed by atoms with Gasteiger partial charge < -0.3 is 5.73 Å². The zero-order chi connectivity index (χ0) is 9.53. The molecule has 0 saturated heterocycles. The third-order valence-corrected chi connectivity index (χ3v) is 4.18. The topological polar surface area (TPSA) is 26.0 Å². The maximum absolute atomic E-state index is 5.89. The van der Waals surface area contributed by atoms with Gasteiger partial charge in [-0.15, -0.1) is 11.3 Å². The molecule has 0 unspecified atom stereocenters. The van der Waals surface area contributed by atoms with Gasteiger partial charge in [-0.3, -0.25) is 0 Å². The SMILES string of the molecule is CC1(C)CC(CN)(c2cccs2)C1. The van der Waals surface area contributed by atoms with Crippen LogP contribution in [0.3, 0.4) is 0 Å². The van der Waals surface area contributed by atoms with Crippen molar-refractivity contribution < 1.29 is 0 Å². The maximum Gasteiger partial charge on any atom is 0.0180 e. The average molecular weight is 195 g/mol. The Hall–Kier alpha value is -0.340. The van der Waals surface area contributed by atoms with E-state index in [2.05, 4.69) is 31.4 Å². The van der Waals surface area contributed by atoms with E-state index in [0.717, 1.165) is 6.54 Å². The summed E-state index contributed by atoms with van der Waals surface area (Å²) in [6.07, 6.45) is 2.49. The van der Waals surface area contributed by atoms with Gasteiger partial charge in [0.25, 0.3) is 0 Å². The van der Waals surface area contributed by atoms with Crippen LogP contribution in [0.2, 0.25) is 0 Å². The molecule has 0 spiro atoms. The Morgan fingerprint density at radius 3 is 2.54 bits per heavy atom. The van der Waals surface area contributed by atoms with E-state index in [1.807, 2.05) is 11.3 Å². The molecule has 1 aromatic rings. The lowest BCUT2D eigenvalue weighted by atomic mass is 9.54. The van der Waals surface area contributed by atoms with Crippen LogP contribution in [0.15, 0.2) is 17.5 Å². The molecule has 72 valence electrons. The van der Waals surface area contributed by atoms with Gasteiger partial charge in [-0.05, 0) is 29.7 Å². The Morgan fingerprint density at radius 2 is 2.15 bits per heavy atom. The molecule has 0 bridgehead atoms. The minimum absolute atomic E-state index is 0.317. The standard InChI is InChI=1S/C11H17NS/c1-10(2)6-11(7-10,8-12)9-4-3-5-13-9/h3-5H,6-8,12H2,1-2H3. The number of thiophene rings is 1. The summed E-state index contributed by atoms with van der Waals surface area (Å²) in [6.45, 7) is 5.46. The summed E-state index contributed by atoms with van der Waals surface area (Å²) in [5.41, 5.74) is 6.71. The second-order valence-corrected chi connectivity index (χ2v) is 5.93. The highest BCUT2D eigenvalue weighted by Crippen LogP contribution is 2.55. The summed E-state index contributed by atoms with van der Waals surface area (Å²) in [7, 11) is 0. The number of rotatable bonds is 2. The van der Waals surface area contributed by atoms with Crippen molar-refractivity contribution in [2.24, 2.45) is 11.1 Å². The lowest BCUT2D eigenvalue weighted by Gasteiger charge is -2.52. The quantitative estimate of drug-likeness (QED) is 0.771. The molecule has 1 saturated carbocycles. The van der Waals surface area contributed by atoms with Gasteiger partial charge in [0.05, 0.1) is 0 Å². The molecule has 2 rings (SSSR count). The summed E-state index contributed by atoms with van der Waals surface area (Å²) in [5.74, 6) is 0. The van der Waals surface area contributed by atoms with Crippen LogP contribution in [-0.4, -0.2) is 6.54 Å². The first-order valence-corrected chi connectivity index (χ1v) is 5.70. The first-order chi connectivity index (χ1) is 6.08. The second kappa shape index (κ2) is 2.82. The van der Waals surface area contributed by atoms with E-state index >= 15 is 0 Å². The highest BCUT2D eigenvalue weighted by Gasteiger charge is 2.49. The monoisotopic (exact) mass is 195 g/mol. The molecule has 1 aromatic heterocycles. The summed E-state index contributed by atoms with van der Waals surface area (Å²) in [4.78, 5) is 1.48. The van der Waals surface area contributed by atoms with E-state index in [4.69, 9.17) is 5.73 Å². The van der Waals surface area contributed by atoms with Gasteiger partial charge in [0, 0.05) is 16.8 Å². The van der Waals surface area contributed by atoms with Gasteiger partial charge in [-0.1, -0.05) is 19.9 Å². The number of hydrogen-bond donors (Lipinski definition) is 1. The first-order valence-electron chi connectivity index (χ1n) is 4.82. The first kappa shape index (κ1) is 9.22. The number of nitrogens with two attached hydrogens (primary N) is 1. The Labute approximate surface area is 84.0 Å². The lowest BCUT2D eigenvalue weighted by molar-refractivity contribution is 0.0662. The van der Waals surface area contributed by atoms with Crippen LogP contribution in [0.25, 0.3) is 0 Å². The summed E-state index contributed by atoms with van der Waals surface area (Å²) in [6, 6.07) is 4.36. The van der Waals surface area contributed by atoms with Crippen LogP contribution in [0.5, 0.6) is 0 Å². The third-order valence-electron chi connectivity index (χ3n) is 3.07. The fraction of sp³-hybridized carbons (Fsp3) is 0.636. The predicted octanol–water partition coefficient (Wildman–Crippen LogP) is 2.76. The Kier molecular flexibility index (Phi) is 2.00. The van der Waals surface area contributed by atoms with Crippen molar-refractivity contribution >= 4 is 11.3 Å². The van der Waals surface area contributed by atoms with Crippen LogP contribution in [0, 0.1) is 5.41 Å². The van der Waals surface area contributed by atoms with E-state index < -0.39 is 0 Å². The van der Waals surface area contributed by atoms with Crippen molar-refractivity contribution in [3.63, 3.8) is 0 Å². The van der Waals surface area contributed by atoms with Crippen molar-refractivity contribution in [3.05, 3.63) is 22.4 Å². The van der Waals surface area contributed by atoms with E-state index in [0.29, 0.717) is 10.8 Å². The molecule has 0 aromatic carbocycles. The molecule has 1 nitrogen and oxygen atoms in total. The zero-order valence-corrected chi connectivity index (χ0v) is 9.16. The molecule has 13 heavy (non-hydrogen) atoms. The van der Waals surface area contributed by atoms with Crippen molar-refractivity contribution in [2.45, 2.75) is 32.1 Å². The Balaban J connectivity index is 2.21. The van der Waals surface area contributed by atoms with Crippen LogP contribution in [0.4, 0.5) is 0 Å². The molecule has 0 amide bonds. The Bertz CT molecular complexity index is 279. The zero-order valence-electron chi connectivity index (χ0n) is 8.34. The summed E-state index contributed by atoms with van der Waals surface area (Å²) >= 11 is 1.85. The van der Waals surface area contributed by atoms with E-state index in [-0.39, 0.29) is 0 Å². The molecule has 0 atom stereocenters. The van der Waals surface area contributed by atoms with E-state index in [1.54, 1.807) is 0 Å². The van der Waals surface area contributed by atoms with Crippen LogP contribution in [-0.2, 0) is 5.41 Å². The number of hydrogen-bond acceptors (Lipinski definition) is 2. The average Bonchev–Trinajstić information content (AvgIpc) is 2.51. The van der Waals surface area contributed by atoms with Gasteiger partial charge >= 0.3 is 0 Å². The van der Waals surface area contributed by atoms with Gasteiger partial charge in [0.1, 0.15) is 0 Å². The smallest absolute Gasteiger partial charge is 0.0180 e. The lowest BCUT2D eigenvalue weighted by Crippen LogP contribution is -2.50. The van der Waals surface area contributed by atoms with Crippen LogP contribution < -0.4 is 5.73 Å². The maximum atomic E-state index is 5.89. The van der Waals surface area contributed by atoms with Crippen LogP contribution >= 0.6 is 11.3 Å². The van der Waals surface area contributed by atoms with Crippen LogP contribution in [0.1, 0.15) is 31.6 Å². The minimum Gasteiger partial charge on any atom is -0.330 e. The molecular formula is C11H17NS. The largest absolute Gasteiger partial charge is 0.330 e. The highest BCUT2D eigenvalue weighted by atomic mass is 32.1. The van der Waals surface area contributed by atoms with Crippen molar-refractivity contribution in [1.29, 1.82) is 0 Å². The van der Waals surface area contributed by atoms with Crippen molar-refractivity contribution in [1.82, 2.24) is 0 Å². The van der Waals surface area contributed by atoms with Gasteiger partial charge in [-0.25, -0.2) is 0 Å². The molecule has 1 fully saturated rings. The van der Waals surface area contributed by atoms with Gasteiger partial charge in [0.15, 0.2) is 0 Å². The molecule has 1 heterocycles. The van der Waals surface area contributed by atoms with Crippen molar-refractivity contribution in [3.8, 4) is 0 Å². The third kappa shape index (κ3) is 1.42. The predicted molar refractivity (Wildman–Crippen MR) is 58.1 cm³/mol. The highest BCUT2D eigenvalue weighted by molar-refractivity contribution is 7.10. The van der Waals surface area contributed by atoms with Gasteiger partial charge in [0.2, 0.25) is 0 Å². The van der Waals surface area contributed by atoms with Crippen molar-refractivity contribution in [2.75, 3.05) is 6.54 Å². The molecule has 1 aliphatic rings. The Morgan fingerprint density at radius 1 is 1.46 bits per heavy atom. The summed E-state index contributed by atoms with van der Waals surface area (Å²) < 4.78 is 0. The fourth-order valence-electron chi connectivity index (χ4n) is 2.78. The molecular weight excluding hydrogens is 178 g/mol. The molecule has 0 radical (unpaired) electrons. The fourth-order valence-corrected chi connectivity index (χ4v) is 3.72. The molecule has 1 aliphatic carbocycles. The summed E-state index contributed by atoms with van der Waals surface area (Å²) in [5, 5.41) is 2.15. The molecule has 0 aliphatic heterocycles. The van der Waals surface area contributed by atoms with E-state index in [9.17, 15) is 0 Å². The van der Waals surface area contributed by atoms with E-state index in [1.165, 1.54) is 17.7 Å². The molecule has 2 N–H and O–H groups in total. The van der Waals surface area contributed by atoms with Gasteiger partial charge in [-0.2, -0.15) is 0 Å².